The lowest BCUT2D eigenvalue weighted by Gasteiger charge is -2.20. The van der Waals surface area contributed by atoms with Gasteiger partial charge in [0.25, 0.3) is 15.9 Å². The van der Waals surface area contributed by atoms with Crippen LogP contribution in [0.2, 0.25) is 0 Å². The number of hydrogen-bond donors (Lipinski definition) is 1. The van der Waals surface area contributed by atoms with Crippen LogP contribution in [-0.2, 0) is 14.8 Å². The molecule has 11 heteroatoms. The largest absolute Gasteiger partial charge is 0.493 e. The molecule has 1 amide bonds. The molecule has 0 radical (unpaired) electrons. The molecule has 0 aliphatic rings. The Hall–Kier alpha value is -3.57. The molecule has 0 atom stereocenters. The number of sulfonamides is 1. The van der Waals surface area contributed by atoms with Gasteiger partial charge < -0.3 is 14.2 Å². The lowest BCUT2D eigenvalue weighted by Crippen LogP contribution is -2.32. The normalized spacial score (nSPS) is 11.9. The van der Waals surface area contributed by atoms with Crippen LogP contribution in [0.25, 0.3) is 11.3 Å². The third kappa shape index (κ3) is 9.00. The first kappa shape index (κ1) is 30.0. The number of pyridine rings is 2. The fourth-order valence-electron chi connectivity index (χ4n) is 3.32. The van der Waals surface area contributed by atoms with Crippen molar-refractivity contribution < 1.29 is 34.7 Å². The number of halogens is 1. The van der Waals surface area contributed by atoms with Gasteiger partial charge in [-0.15, -0.1) is 0 Å². The highest BCUT2D eigenvalue weighted by Crippen LogP contribution is 2.28. The van der Waals surface area contributed by atoms with E-state index in [0.29, 0.717) is 29.3 Å². The summed E-state index contributed by atoms with van der Waals surface area (Å²) < 4.78 is 59.1. The highest BCUT2D eigenvalue weighted by Gasteiger charge is 2.24. The molecule has 0 fully saturated rings. The molecule has 3 rings (SSSR count). The molecular formula is C28H38FN3O6S. The van der Waals surface area contributed by atoms with Crippen molar-refractivity contribution in [3.05, 3.63) is 65.6 Å². The first-order valence-electron chi connectivity index (χ1n) is 12.5. The fraction of sp³-hybridized carbons (Fsp3) is 0.393. The smallest absolute Gasteiger partial charge is 0.281 e. The Balaban J connectivity index is 0.00000420. The first-order chi connectivity index (χ1) is 18.2. The van der Waals surface area contributed by atoms with Crippen LogP contribution in [0.1, 0.15) is 53.5 Å². The van der Waals surface area contributed by atoms with Gasteiger partial charge in [-0.1, -0.05) is 19.9 Å². The molecule has 0 unspecified atom stereocenters. The number of nitrogens with zero attached hydrogens (tertiary/aromatic N) is 2. The number of ether oxygens (including phenoxy) is 3. The third-order valence-electron chi connectivity index (χ3n) is 5.08. The van der Waals surface area contributed by atoms with E-state index in [9.17, 15) is 17.6 Å². The van der Waals surface area contributed by atoms with Crippen LogP contribution in [0.5, 0.6) is 11.6 Å². The van der Waals surface area contributed by atoms with Crippen LogP contribution in [0.15, 0.2) is 53.6 Å². The number of aromatic nitrogens is 2. The average Bonchev–Trinajstić information content (AvgIpc) is 2.84. The quantitative estimate of drug-likeness (QED) is 0.307. The lowest BCUT2D eigenvalue weighted by atomic mass is 10.1. The van der Waals surface area contributed by atoms with Crippen LogP contribution in [0, 0.1) is 18.7 Å². The van der Waals surface area contributed by atoms with Crippen LogP contribution < -0.4 is 14.2 Å². The highest BCUT2D eigenvalue weighted by atomic mass is 32.2. The second-order valence-corrected chi connectivity index (χ2v) is 11.9. The molecule has 214 valence electrons. The fourth-order valence-corrected chi connectivity index (χ4v) is 4.30. The van der Waals surface area contributed by atoms with Crippen molar-refractivity contribution in [3.8, 4) is 22.9 Å². The molecule has 1 N–H and O–H groups in total. The van der Waals surface area contributed by atoms with E-state index in [4.69, 9.17) is 14.2 Å². The number of nitrogens with one attached hydrogen (secondary N) is 1. The van der Waals surface area contributed by atoms with E-state index in [1.165, 1.54) is 36.4 Å². The Bertz CT molecular complexity index is 1430. The summed E-state index contributed by atoms with van der Waals surface area (Å²) in [5, 5.41) is -0.296. The molecule has 3 aromatic rings. The summed E-state index contributed by atoms with van der Waals surface area (Å²) in [5.74, 6) is -1.03. The Labute approximate surface area is 231 Å². The number of carbonyl (C=O) groups excluding carboxylic acids is 1. The van der Waals surface area contributed by atoms with Gasteiger partial charge in [-0.05, 0) is 70.0 Å². The highest BCUT2D eigenvalue weighted by molar-refractivity contribution is 7.90. The molecule has 2 heterocycles. The second-order valence-electron chi connectivity index (χ2n) is 10.3. The van der Waals surface area contributed by atoms with Gasteiger partial charge in [0.1, 0.15) is 23.7 Å². The van der Waals surface area contributed by atoms with Gasteiger partial charge in [0, 0.05) is 20.2 Å². The van der Waals surface area contributed by atoms with Crippen LogP contribution >= 0.6 is 0 Å². The molecule has 0 saturated carbocycles. The molecule has 0 spiro atoms. The zero-order valence-corrected chi connectivity index (χ0v) is 23.8. The maximum absolute atomic E-state index is 14.4. The van der Waals surface area contributed by atoms with Gasteiger partial charge >= 0.3 is 0 Å². The van der Waals surface area contributed by atoms with E-state index < -0.39 is 27.3 Å². The van der Waals surface area contributed by atoms with Gasteiger partial charge in [-0.2, -0.15) is 8.42 Å². The monoisotopic (exact) mass is 563 g/mol. The van der Waals surface area contributed by atoms with E-state index in [0.717, 1.165) is 0 Å². The summed E-state index contributed by atoms with van der Waals surface area (Å²) in [7, 11) is -4.26. The van der Waals surface area contributed by atoms with Crippen LogP contribution in [-0.4, -0.2) is 49.7 Å². The van der Waals surface area contributed by atoms with Gasteiger partial charge in [-0.25, -0.2) is 19.1 Å². The van der Waals surface area contributed by atoms with E-state index in [1.54, 1.807) is 19.1 Å². The number of aryl methyl sites for hydroxylation is 1. The van der Waals surface area contributed by atoms with Crippen molar-refractivity contribution in [2.45, 2.75) is 52.2 Å². The summed E-state index contributed by atoms with van der Waals surface area (Å²) in [6, 6.07) is 11.5. The van der Waals surface area contributed by atoms with Crippen molar-refractivity contribution in [2.24, 2.45) is 5.92 Å². The lowest BCUT2D eigenvalue weighted by molar-refractivity contribution is -0.0169. The number of rotatable bonds is 11. The summed E-state index contributed by atoms with van der Waals surface area (Å²) in [6.45, 7) is 11.9. The predicted molar refractivity (Wildman–Crippen MR) is 149 cm³/mol. The Morgan fingerprint density at radius 1 is 1.05 bits per heavy atom. The minimum atomic E-state index is -4.26. The number of hydrogen-bond acceptors (Lipinski definition) is 8. The predicted octanol–water partition coefficient (Wildman–Crippen LogP) is 5.43. The van der Waals surface area contributed by atoms with Crippen molar-refractivity contribution in [2.75, 3.05) is 19.8 Å². The van der Waals surface area contributed by atoms with E-state index in [-0.39, 0.29) is 38.5 Å². The van der Waals surface area contributed by atoms with Crippen LogP contribution in [0.4, 0.5) is 4.39 Å². The van der Waals surface area contributed by atoms with Crippen molar-refractivity contribution >= 4 is 15.9 Å². The van der Waals surface area contributed by atoms with Crippen LogP contribution in [0.3, 0.4) is 0 Å². The van der Waals surface area contributed by atoms with Crippen molar-refractivity contribution in [1.82, 2.24) is 14.7 Å². The average molecular weight is 564 g/mol. The molecule has 2 aromatic heterocycles. The van der Waals surface area contributed by atoms with Crippen molar-refractivity contribution in [1.29, 1.82) is 0 Å². The Morgan fingerprint density at radius 2 is 1.79 bits per heavy atom. The molecule has 1 aromatic carbocycles. The maximum atomic E-state index is 14.4. The molecule has 0 saturated heterocycles. The van der Waals surface area contributed by atoms with E-state index in [1.807, 2.05) is 39.3 Å². The zero-order chi connectivity index (χ0) is 28.8. The molecule has 0 bridgehead atoms. The first-order valence-corrected chi connectivity index (χ1v) is 13.9. The summed E-state index contributed by atoms with van der Waals surface area (Å²) in [4.78, 5) is 21.5. The minimum Gasteiger partial charge on any atom is -0.493 e. The van der Waals surface area contributed by atoms with Gasteiger partial charge in [0.15, 0.2) is 5.03 Å². The van der Waals surface area contributed by atoms with Gasteiger partial charge in [0.05, 0.1) is 24.5 Å². The zero-order valence-electron chi connectivity index (χ0n) is 22.9. The number of carbonyl (C=O) groups is 1. The second kappa shape index (κ2) is 12.5. The van der Waals surface area contributed by atoms with Gasteiger partial charge in [0.2, 0.25) is 5.88 Å². The standard InChI is InChI=1S/C28H34FN3O6S.2H2/c1-18(2)17-37-22-15-20(14-21(29)16-22)24-11-10-23(27(31-24)36-12-13-38-28(4,5)6)26(33)32-39(34,35)25-9-7-8-19(3)30-25;;/h7-11,14-16,18H,12-13,17H2,1-6H3,(H,32,33);2*1H. The Morgan fingerprint density at radius 3 is 2.46 bits per heavy atom. The third-order valence-corrected chi connectivity index (χ3v) is 6.31. The minimum absolute atomic E-state index is 0. The Kier molecular flexibility index (Phi) is 9.63. The number of amides is 1. The van der Waals surface area contributed by atoms with Gasteiger partial charge in [-0.3, -0.25) is 4.79 Å². The summed E-state index contributed by atoms with van der Waals surface area (Å²) in [6.07, 6.45) is 0. The SMILES string of the molecule is Cc1cccc(S(=O)(=O)NC(=O)c2ccc(-c3cc(F)cc(OCC(C)C)c3)nc2OCCOC(C)(C)C)n1.[HH].[HH]. The summed E-state index contributed by atoms with van der Waals surface area (Å²) >= 11 is 0. The maximum Gasteiger partial charge on any atom is 0.281 e. The summed E-state index contributed by atoms with van der Waals surface area (Å²) in [5.41, 5.74) is 0.634. The van der Waals surface area contributed by atoms with E-state index >= 15 is 0 Å². The molecular weight excluding hydrogens is 525 g/mol. The molecule has 9 nitrogen and oxygen atoms in total. The van der Waals surface area contributed by atoms with E-state index in [2.05, 4.69) is 9.97 Å². The van der Waals surface area contributed by atoms with Crippen molar-refractivity contribution in [3.63, 3.8) is 0 Å². The topological polar surface area (TPSA) is 117 Å². The molecule has 0 aliphatic heterocycles. The number of benzene rings is 1. The molecule has 39 heavy (non-hydrogen) atoms. The molecule has 0 aliphatic carbocycles.